The zero-order chi connectivity index (χ0) is 13.2. The van der Waals surface area contributed by atoms with Gasteiger partial charge in [0.15, 0.2) is 5.82 Å². The van der Waals surface area contributed by atoms with Gasteiger partial charge < -0.3 is 9.64 Å². The first kappa shape index (κ1) is 13.3. The van der Waals surface area contributed by atoms with Crippen LogP contribution >= 0.6 is 0 Å². The molecule has 0 radical (unpaired) electrons. The molecule has 2 heterocycles. The predicted octanol–water partition coefficient (Wildman–Crippen LogP) is 2.49. The van der Waals surface area contributed by atoms with Crippen LogP contribution in [0.2, 0.25) is 0 Å². The smallest absolute Gasteiger partial charge is 0.150 e. The van der Waals surface area contributed by atoms with Gasteiger partial charge in [0, 0.05) is 19.3 Å². The molecule has 1 fully saturated rings. The highest BCUT2D eigenvalue weighted by atomic mass is 16.5. The fourth-order valence-electron chi connectivity index (χ4n) is 2.53. The largest absolute Gasteiger partial charge is 0.371 e. The molecule has 0 aromatic carbocycles. The molecule has 0 unspecified atom stereocenters. The fraction of sp³-hybridized carbons (Fsp3) is 0.714. The van der Waals surface area contributed by atoms with Crippen LogP contribution in [0.15, 0.2) is 6.20 Å². The fourth-order valence-corrected chi connectivity index (χ4v) is 2.53. The third-order valence-electron chi connectivity index (χ3n) is 3.89. The molecule has 0 spiro atoms. The van der Waals surface area contributed by atoms with Crippen LogP contribution in [0.1, 0.15) is 38.1 Å². The molecule has 0 amide bonds. The van der Waals surface area contributed by atoms with E-state index in [-0.39, 0.29) is 5.60 Å². The van der Waals surface area contributed by atoms with Crippen LogP contribution in [0.5, 0.6) is 0 Å². The van der Waals surface area contributed by atoms with Gasteiger partial charge >= 0.3 is 0 Å². The van der Waals surface area contributed by atoms with E-state index in [2.05, 4.69) is 28.7 Å². The van der Waals surface area contributed by atoms with Crippen molar-refractivity contribution in [3.8, 4) is 0 Å². The molecular formula is C14H23N3O. The summed E-state index contributed by atoms with van der Waals surface area (Å²) in [5.74, 6) is 1.02. The molecule has 1 aromatic rings. The lowest BCUT2D eigenvalue weighted by molar-refractivity contribution is -0.0607. The molecule has 2 rings (SSSR count). The van der Waals surface area contributed by atoms with Crippen LogP contribution in [0.3, 0.4) is 0 Å². The van der Waals surface area contributed by atoms with E-state index in [1.165, 1.54) is 0 Å². The first-order chi connectivity index (χ1) is 8.60. The Balaban J connectivity index is 2.25. The van der Waals surface area contributed by atoms with Crippen molar-refractivity contribution >= 4 is 5.82 Å². The molecule has 0 bridgehead atoms. The van der Waals surface area contributed by atoms with Crippen molar-refractivity contribution in [3.63, 3.8) is 0 Å². The zero-order valence-corrected chi connectivity index (χ0v) is 11.9. The van der Waals surface area contributed by atoms with E-state index in [1.807, 2.05) is 20.0 Å². The van der Waals surface area contributed by atoms with Gasteiger partial charge in [0.05, 0.1) is 23.6 Å². The van der Waals surface area contributed by atoms with Gasteiger partial charge in [-0.15, -0.1) is 0 Å². The van der Waals surface area contributed by atoms with Gasteiger partial charge in [-0.25, -0.2) is 4.98 Å². The zero-order valence-electron chi connectivity index (χ0n) is 11.9. The lowest BCUT2D eigenvalue weighted by Gasteiger charge is -2.42. The second-order valence-electron chi connectivity index (χ2n) is 5.08. The topological polar surface area (TPSA) is 38.2 Å². The summed E-state index contributed by atoms with van der Waals surface area (Å²) in [5, 5.41) is 0. The van der Waals surface area contributed by atoms with E-state index in [1.54, 1.807) is 0 Å². The second-order valence-corrected chi connectivity index (χ2v) is 5.08. The Kier molecular flexibility index (Phi) is 3.85. The highest BCUT2D eigenvalue weighted by Gasteiger charge is 2.34. The molecular weight excluding hydrogens is 226 g/mol. The minimum Gasteiger partial charge on any atom is -0.371 e. The molecule has 4 nitrogen and oxygen atoms in total. The minimum absolute atomic E-state index is 0.0177. The van der Waals surface area contributed by atoms with Crippen LogP contribution in [-0.4, -0.2) is 35.3 Å². The third kappa shape index (κ3) is 2.48. The number of nitrogens with zero attached hydrogens (tertiary/aromatic N) is 3. The van der Waals surface area contributed by atoms with Crippen molar-refractivity contribution < 1.29 is 4.74 Å². The molecule has 0 N–H and O–H groups in total. The number of hydrogen-bond acceptors (Lipinski definition) is 4. The first-order valence-corrected chi connectivity index (χ1v) is 6.79. The lowest BCUT2D eigenvalue weighted by Crippen LogP contribution is -2.51. The van der Waals surface area contributed by atoms with Crippen LogP contribution in [0.4, 0.5) is 5.82 Å². The standard InChI is InChI=1S/C14H23N3O/c1-5-14(6-2)10-17(7-8-18-14)13-12(4)15-9-11(3)16-13/h9H,5-8,10H2,1-4H3. The van der Waals surface area contributed by atoms with Crippen molar-refractivity contribution in [1.29, 1.82) is 0 Å². The molecule has 1 saturated heterocycles. The van der Waals surface area contributed by atoms with Gasteiger partial charge in [-0.05, 0) is 26.7 Å². The number of anilines is 1. The van der Waals surface area contributed by atoms with Gasteiger partial charge in [0.25, 0.3) is 0 Å². The highest BCUT2D eigenvalue weighted by molar-refractivity contribution is 5.44. The molecule has 0 atom stereocenters. The Hall–Kier alpha value is -1.16. The first-order valence-electron chi connectivity index (χ1n) is 6.79. The van der Waals surface area contributed by atoms with E-state index in [0.29, 0.717) is 0 Å². The molecule has 1 aliphatic heterocycles. The monoisotopic (exact) mass is 249 g/mol. The molecule has 1 aromatic heterocycles. The maximum atomic E-state index is 6.00. The Morgan fingerprint density at radius 1 is 1.33 bits per heavy atom. The minimum atomic E-state index is -0.0177. The summed E-state index contributed by atoms with van der Waals surface area (Å²) in [6.07, 6.45) is 3.91. The maximum Gasteiger partial charge on any atom is 0.150 e. The Bertz CT molecular complexity index is 416. The summed E-state index contributed by atoms with van der Waals surface area (Å²) in [5.41, 5.74) is 1.96. The Labute approximate surface area is 109 Å². The maximum absolute atomic E-state index is 6.00. The summed E-state index contributed by atoms with van der Waals surface area (Å²) in [7, 11) is 0. The SMILES string of the molecule is CCC1(CC)CN(c2nc(C)cnc2C)CCO1. The highest BCUT2D eigenvalue weighted by Crippen LogP contribution is 2.28. The average Bonchev–Trinajstić information content (AvgIpc) is 2.41. The van der Waals surface area contributed by atoms with Crippen molar-refractivity contribution in [2.45, 2.75) is 46.1 Å². The quantitative estimate of drug-likeness (QED) is 0.825. The van der Waals surface area contributed by atoms with Crippen molar-refractivity contribution in [2.24, 2.45) is 0 Å². The molecule has 0 saturated carbocycles. The van der Waals surface area contributed by atoms with Gasteiger partial charge in [-0.2, -0.15) is 0 Å². The number of ether oxygens (including phenoxy) is 1. The summed E-state index contributed by atoms with van der Waals surface area (Å²) in [6.45, 7) is 11.0. The van der Waals surface area contributed by atoms with Crippen molar-refractivity contribution in [2.75, 3.05) is 24.6 Å². The van der Waals surface area contributed by atoms with Gasteiger partial charge in [-0.1, -0.05) is 13.8 Å². The van der Waals surface area contributed by atoms with Crippen LogP contribution in [0, 0.1) is 13.8 Å². The van der Waals surface area contributed by atoms with E-state index < -0.39 is 0 Å². The molecule has 0 aliphatic carbocycles. The average molecular weight is 249 g/mol. The summed E-state index contributed by atoms with van der Waals surface area (Å²) in [6, 6.07) is 0. The number of morpholine rings is 1. The Morgan fingerprint density at radius 3 is 2.72 bits per heavy atom. The molecule has 100 valence electrons. The number of rotatable bonds is 3. The van der Waals surface area contributed by atoms with Crippen molar-refractivity contribution in [3.05, 3.63) is 17.6 Å². The van der Waals surface area contributed by atoms with Gasteiger partial charge in [0.2, 0.25) is 0 Å². The summed E-state index contributed by atoms with van der Waals surface area (Å²) in [4.78, 5) is 11.4. The number of aryl methyl sites for hydroxylation is 2. The molecule has 1 aliphatic rings. The Morgan fingerprint density at radius 2 is 2.06 bits per heavy atom. The van der Waals surface area contributed by atoms with E-state index >= 15 is 0 Å². The normalized spacial score (nSPS) is 19.0. The molecule has 4 heteroatoms. The van der Waals surface area contributed by atoms with Gasteiger partial charge in [-0.3, -0.25) is 4.98 Å². The van der Waals surface area contributed by atoms with Crippen molar-refractivity contribution in [1.82, 2.24) is 9.97 Å². The molecule has 18 heavy (non-hydrogen) atoms. The van der Waals surface area contributed by atoms with E-state index in [4.69, 9.17) is 4.74 Å². The predicted molar refractivity (Wildman–Crippen MR) is 73.0 cm³/mol. The second kappa shape index (κ2) is 5.22. The van der Waals surface area contributed by atoms with Crippen LogP contribution in [-0.2, 0) is 4.74 Å². The number of aromatic nitrogens is 2. The lowest BCUT2D eigenvalue weighted by atomic mass is 9.95. The summed E-state index contributed by atoms with van der Waals surface area (Å²) >= 11 is 0. The van der Waals surface area contributed by atoms with Gasteiger partial charge in [0.1, 0.15) is 0 Å². The van der Waals surface area contributed by atoms with Crippen LogP contribution in [0.25, 0.3) is 0 Å². The van der Waals surface area contributed by atoms with E-state index in [9.17, 15) is 0 Å². The third-order valence-corrected chi connectivity index (χ3v) is 3.89. The van der Waals surface area contributed by atoms with E-state index in [0.717, 1.165) is 49.7 Å². The summed E-state index contributed by atoms with van der Waals surface area (Å²) < 4.78 is 6.00. The van der Waals surface area contributed by atoms with Crippen LogP contribution < -0.4 is 4.90 Å². The number of hydrogen-bond donors (Lipinski definition) is 0.